The number of hydrogen-bond acceptors (Lipinski definition) is 4. The van der Waals surface area contributed by atoms with Crippen molar-refractivity contribution in [2.75, 3.05) is 7.05 Å². The van der Waals surface area contributed by atoms with E-state index in [0.717, 1.165) is 10.3 Å². The van der Waals surface area contributed by atoms with Gasteiger partial charge in [0, 0.05) is 11.5 Å². The van der Waals surface area contributed by atoms with Crippen LogP contribution >= 0.6 is 27.3 Å². The second-order valence-electron chi connectivity index (χ2n) is 3.60. The summed E-state index contributed by atoms with van der Waals surface area (Å²) in [4.78, 5) is 18.5. The zero-order valence-corrected chi connectivity index (χ0v) is 11.8. The number of H-pyrrole nitrogens is 1. The highest BCUT2D eigenvalue weighted by Crippen LogP contribution is 2.24. The molecule has 1 amide bonds. The molecule has 0 saturated heterocycles. The number of nitrogens with one attached hydrogen (secondary N) is 1. The molecule has 5 nitrogen and oxygen atoms in total. The fourth-order valence-corrected chi connectivity index (χ4v) is 2.90. The van der Waals surface area contributed by atoms with Gasteiger partial charge in [0.05, 0.1) is 6.54 Å². The third-order valence-corrected chi connectivity index (χ3v) is 4.01. The summed E-state index contributed by atoms with van der Waals surface area (Å²) in [5, 5.41) is 8.63. The molecule has 0 aromatic carbocycles. The van der Waals surface area contributed by atoms with Gasteiger partial charge in [0.15, 0.2) is 5.82 Å². The van der Waals surface area contributed by atoms with Crippen LogP contribution in [0.2, 0.25) is 0 Å². The van der Waals surface area contributed by atoms with Crippen molar-refractivity contribution in [3.63, 3.8) is 0 Å². The van der Waals surface area contributed by atoms with Crippen molar-refractivity contribution in [1.82, 2.24) is 20.1 Å². The first-order valence-corrected chi connectivity index (χ1v) is 6.61. The van der Waals surface area contributed by atoms with Crippen molar-refractivity contribution < 1.29 is 4.79 Å². The lowest BCUT2D eigenvalue weighted by molar-refractivity contribution is 0.0785. The number of halogens is 1. The van der Waals surface area contributed by atoms with Crippen LogP contribution in [0.5, 0.6) is 0 Å². The van der Waals surface area contributed by atoms with Crippen molar-refractivity contribution >= 4 is 33.2 Å². The molecule has 1 N–H and O–H groups in total. The van der Waals surface area contributed by atoms with Crippen molar-refractivity contribution in [3.05, 3.63) is 32.4 Å². The Hall–Kier alpha value is -1.21. The highest BCUT2D eigenvalue weighted by atomic mass is 79.9. The van der Waals surface area contributed by atoms with Crippen molar-refractivity contribution in [2.24, 2.45) is 0 Å². The number of carbonyl (C=O) groups excluding carboxylic acids is 1. The summed E-state index contributed by atoms with van der Waals surface area (Å²) in [6.07, 6.45) is 0. The normalized spacial score (nSPS) is 10.5. The first kappa shape index (κ1) is 12.3. The molecule has 17 heavy (non-hydrogen) atoms. The fraction of sp³-hybridized carbons (Fsp3) is 0.300. The van der Waals surface area contributed by atoms with Gasteiger partial charge in [0.25, 0.3) is 5.91 Å². The molecule has 2 aromatic rings. The molecule has 0 fully saturated rings. The van der Waals surface area contributed by atoms with E-state index in [2.05, 4.69) is 31.1 Å². The maximum atomic E-state index is 12.1. The summed E-state index contributed by atoms with van der Waals surface area (Å²) in [6.45, 7) is 2.22. The molecule has 0 spiro atoms. The lowest BCUT2D eigenvalue weighted by Crippen LogP contribution is -2.26. The van der Waals surface area contributed by atoms with E-state index in [4.69, 9.17) is 0 Å². The number of hydrogen-bond donors (Lipinski definition) is 1. The Balaban J connectivity index is 2.08. The van der Waals surface area contributed by atoms with Gasteiger partial charge in [-0.25, -0.2) is 4.98 Å². The summed E-state index contributed by atoms with van der Waals surface area (Å²) in [5.74, 6) is 1.33. The highest BCUT2D eigenvalue weighted by Gasteiger charge is 2.17. The summed E-state index contributed by atoms with van der Waals surface area (Å²) < 4.78 is 0.825. The average Bonchev–Trinajstić information content (AvgIpc) is 2.86. The SMILES string of the molecule is Cc1nc(CN(C)C(=O)c2sccc2Br)n[nH]1. The van der Waals surface area contributed by atoms with E-state index < -0.39 is 0 Å². The standard InChI is InChI=1S/C10H11BrN4OS/c1-6-12-8(14-13-6)5-15(2)10(16)9-7(11)3-4-17-9/h3-4H,5H2,1-2H3,(H,12,13,14). The van der Waals surface area contributed by atoms with Gasteiger partial charge in [-0.2, -0.15) is 5.10 Å². The van der Waals surface area contributed by atoms with Crippen LogP contribution in [0, 0.1) is 6.92 Å². The van der Waals surface area contributed by atoms with Gasteiger partial charge in [-0.15, -0.1) is 11.3 Å². The van der Waals surface area contributed by atoms with Gasteiger partial charge in [-0.05, 0) is 34.3 Å². The van der Waals surface area contributed by atoms with E-state index in [0.29, 0.717) is 17.2 Å². The molecule has 0 bridgehead atoms. The number of aryl methyl sites for hydroxylation is 1. The maximum absolute atomic E-state index is 12.1. The smallest absolute Gasteiger partial charge is 0.265 e. The van der Waals surface area contributed by atoms with E-state index in [1.54, 1.807) is 11.9 Å². The average molecular weight is 315 g/mol. The molecule has 0 aliphatic heterocycles. The summed E-state index contributed by atoms with van der Waals surface area (Å²) in [7, 11) is 1.74. The third-order valence-electron chi connectivity index (χ3n) is 2.18. The van der Waals surface area contributed by atoms with E-state index in [1.165, 1.54) is 11.3 Å². The Morgan fingerprint density at radius 2 is 2.41 bits per heavy atom. The topological polar surface area (TPSA) is 61.9 Å². The zero-order valence-electron chi connectivity index (χ0n) is 9.40. The van der Waals surface area contributed by atoms with Crippen molar-refractivity contribution in [2.45, 2.75) is 13.5 Å². The first-order valence-electron chi connectivity index (χ1n) is 4.94. The second-order valence-corrected chi connectivity index (χ2v) is 5.37. The predicted octanol–water partition coefficient (Wildman–Crippen LogP) is 2.21. The molecule has 90 valence electrons. The molecule has 0 saturated carbocycles. The van der Waals surface area contributed by atoms with Gasteiger partial charge in [-0.1, -0.05) is 0 Å². The van der Waals surface area contributed by atoms with E-state index in [9.17, 15) is 4.79 Å². The number of aromatic nitrogens is 3. The van der Waals surface area contributed by atoms with E-state index >= 15 is 0 Å². The molecule has 0 aliphatic rings. The molecule has 7 heteroatoms. The molecule has 0 radical (unpaired) electrons. The molecular weight excluding hydrogens is 304 g/mol. The van der Waals surface area contributed by atoms with Gasteiger partial charge in [-0.3, -0.25) is 9.89 Å². The number of nitrogens with zero attached hydrogens (tertiary/aromatic N) is 3. The van der Waals surface area contributed by atoms with E-state index in [-0.39, 0.29) is 5.91 Å². The van der Waals surface area contributed by atoms with Crippen LogP contribution in [0.4, 0.5) is 0 Å². The Morgan fingerprint density at radius 3 is 2.94 bits per heavy atom. The molecule has 2 aromatic heterocycles. The summed E-state index contributed by atoms with van der Waals surface area (Å²) in [5.41, 5.74) is 0. The lowest BCUT2D eigenvalue weighted by atomic mass is 10.4. The first-order chi connectivity index (χ1) is 8.08. The number of thiophene rings is 1. The number of aromatic amines is 1. The van der Waals surface area contributed by atoms with Crippen LogP contribution in [0.25, 0.3) is 0 Å². The minimum atomic E-state index is -0.0330. The van der Waals surface area contributed by atoms with Crippen LogP contribution in [-0.4, -0.2) is 33.0 Å². The highest BCUT2D eigenvalue weighted by molar-refractivity contribution is 9.10. The molecule has 2 heterocycles. The van der Waals surface area contributed by atoms with Crippen LogP contribution in [0.3, 0.4) is 0 Å². The summed E-state index contributed by atoms with van der Waals surface area (Å²) in [6, 6.07) is 1.86. The number of rotatable bonds is 3. The van der Waals surface area contributed by atoms with Crippen LogP contribution < -0.4 is 0 Å². The van der Waals surface area contributed by atoms with Crippen LogP contribution in [0.15, 0.2) is 15.9 Å². The largest absolute Gasteiger partial charge is 0.333 e. The Labute approximate surface area is 111 Å². The minimum Gasteiger partial charge on any atom is -0.333 e. The van der Waals surface area contributed by atoms with Crippen molar-refractivity contribution in [3.8, 4) is 0 Å². The third kappa shape index (κ3) is 2.73. The maximum Gasteiger partial charge on any atom is 0.265 e. The molecule has 0 unspecified atom stereocenters. The van der Waals surface area contributed by atoms with Crippen molar-refractivity contribution in [1.29, 1.82) is 0 Å². The minimum absolute atomic E-state index is 0.0330. The fourth-order valence-electron chi connectivity index (χ4n) is 1.36. The van der Waals surface area contributed by atoms with Gasteiger partial charge in [0.2, 0.25) is 0 Å². The Kier molecular flexibility index (Phi) is 3.58. The number of carbonyl (C=O) groups is 1. The van der Waals surface area contributed by atoms with Gasteiger partial charge in [0.1, 0.15) is 10.7 Å². The predicted molar refractivity (Wildman–Crippen MR) is 68.9 cm³/mol. The monoisotopic (exact) mass is 314 g/mol. The number of amides is 1. The van der Waals surface area contributed by atoms with Gasteiger partial charge >= 0.3 is 0 Å². The molecule has 0 atom stereocenters. The second kappa shape index (κ2) is 4.97. The van der Waals surface area contributed by atoms with Gasteiger partial charge < -0.3 is 4.90 Å². The Morgan fingerprint density at radius 1 is 1.65 bits per heavy atom. The molecule has 0 aliphatic carbocycles. The Bertz CT molecular complexity index is 536. The quantitative estimate of drug-likeness (QED) is 0.944. The lowest BCUT2D eigenvalue weighted by Gasteiger charge is -2.14. The zero-order chi connectivity index (χ0) is 12.4. The molecular formula is C10H11BrN4OS. The van der Waals surface area contributed by atoms with E-state index in [1.807, 2.05) is 18.4 Å². The molecule has 2 rings (SSSR count). The van der Waals surface area contributed by atoms with Crippen LogP contribution in [0.1, 0.15) is 21.3 Å². The summed E-state index contributed by atoms with van der Waals surface area (Å²) >= 11 is 4.77. The van der Waals surface area contributed by atoms with Crippen LogP contribution in [-0.2, 0) is 6.54 Å².